The normalized spacial score (nSPS) is 24.9. The third-order valence-electron chi connectivity index (χ3n) is 5.39. The second-order valence-corrected chi connectivity index (χ2v) is 8.09. The lowest BCUT2D eigenvalue weighted by molar-refractivity contribution is 0.221. The third-order valence-corrected chi connectivity index (χ3v) is 6.59. The highest BCUT2D eigenvalue weighted by atomic mass is 32.1. The molecule has 2 aromatic heterocycles. The molecule has 0 aromatic carbocycles. The Bertz CT molecular complexity index is 668. The first-order valence-electron chi connectivity index (χ1n) is 8.54. The molecule has 4 rings (SSSR count). The van der Waals surface area contributed by atoms with Crippen molar-refractivity contribution in [3.63, 3.8) is 0 Å². The number of fused-ring (bicyclic) bond motifs is 3. The first kappa shape index (κ1) is 14.5. The van der Waals surface area contributed by atoms with Gasteiger partial charge in [0.15, 0.2) is 0 Å². The lowest BCUT2D eigenvalue weighted by Gasteiger charge is -2.33. The van der Waals surface area contributed by atoms with Crippen molar-refractivity contribution in [1.82, 2.24) is 9.88 Å². The number of aromatic nitrogens is 1. The summed E-state index contributed by atoms with van der Waals surface area (Å²) in [5, 5.41) is 5.27. The van der Waals surface area contributed by atoms with E-state index in [4.69, 9.17) is 0 Å². The molecule has 0 atom stereocenters. The molecule has 0 amide bonds. The minimum absolute atomic E-state index is 0.624. The molecular formula is C18H25N3S. The number of aryl methyl sites for hydroxylation is 2. The van der Waals surface area contributed by atoms with Gasteiger partial charge in [-0.05, 0) is 70.7 Å². The van der Waals surface area contributed by atoms with Crippen molar-refractivity contribution < 1.29 is 0 Å². The molecule has 0 unspecified atom stereocenters. The van der Waals surface area contributed by atoms with Gasteiger partial charge in [-0.2, -0.15) is 0 Å². The Labute approximate surface area is 136 Å². The molecule has 1 fully saturated rings. The number of hydrogen-bond acceptors (Lipinski definition) is 4. The zero-order chi connectivity index (χ0) is 15.1. The molecule has 22 heavy (non-hydrogen) atoms. The van der Waals surface area contributed by atoms with Gasteiger partial charge in [0, 0.05) is 34.2 Å². The summed E-state index contributed by atoms with van der Waals surface area (Å²) < 4.78 is 0. The number of nitrogens with zero attached hydrogens (tertiary/aromatic N) is 2. The van der Waals surface area contributed by atoms with Crippen LogP contribution in [0.4, 0.5) is 5.69 Å². The highest BCUT2D eigenvalue weighted by molar-refractivity contribution is 7.19. The summed E-state index contributed by atoms with van der Waals surface area (Å²) >= 11 is 1.91. The molecule has 2 heterocycles. The molecule has 2 aromatic rings. The van der Waals surface area contributed by atoms with Crippen LogP contribution in [0.3, 0.4) is 0 Å². The van der Waals surface area contributed by atoms with Crippen molar-refractivity contribution >= 4 is 27.2 Å². The molecule has 4 heteroatoms. The Morgan fingerprint density at radius 1 is 1.18 bits per heavy atom. The first-order chi connectivity index (χ1) is 10.7. The SMILES string of the molecule is CN(C)[C@H]1CC[C@H](Nc2ccnc3sc4c(c23)CCC4)CC1. The van der Waals surface area contributed by atoms with E-state index >= 15 is 0 Å². The Kier molecular flexibility index (Phi) is 3.82. The quantitative estimate of drug-likeness (QED) is 0.925. The zero-order valence-corrected chi connectivity index (χ0v) is 14.4. The number of rotatable bonds is 3. The zero-order valence-electron chi connectivity index (χ0n) is 13.6. The Hall–Kier alpha value is -1.13. The Morgan fingerprint density at radius 2 is 2.00 bits per heavy atom. The van der Waals surface area contributed by atoms with Gasteiger partial charge in [-0.15, -0.1) is 11.3 Å². The maximum absolute atomic E-state index is 4.61. The molecule has 0 bridgehead atoms. The van der Waals surface area contributed by atoms with E-state index in [-0.39, 0.29) is 0 Å². The molecular weight excluding hydrogens is 290 g/mol. The monoisotopic (exact) mass is 315 g/mol. The summed E-state index contributed by atoms with van der Waals surface area (Å²) in [4.78, 5) is 9.80. The number of nitrogens with one attached hydrogen (secondary N) is 1. The fraction of sp³-hybridized carbons (Fsp3) is 0.611. The minimum Gasteiger partial charge on any atom is -0.382 e. The maximum Gasteiger partial charge on any atom is 0.125 e. The van der Waals surface area contributed by atoms with E-state index in [1.54, 1.807) is 10.4 Å². The summed E-state index contributed by atoms with van der Waals surface area (Å²) in [6.07, 6.45) is 11.0. The second-order valence-electron chi connectivity index (χ2n) is 7.01. The highest BCUT2D eigenvalue weighted by Gasteiger charge is 2.24. The van der Waals surface area contributed by atoms with Gasteiger partial charge in [0.2, 0.25) is 0 Å². The van der Waals surface area contributed by atoms with E-state index in [1.165, 1.54) is 60.8 Å². The van der Waals surface area contributed by atoms with E-state index in [0.29, 0.717) is 6.04 Å². The predicted octanol–water partition coefficient (Wildman–Crippen LogP) is 4.07. The molecule has 1 saturated carbocycles. The third kappa shape index (κ3) is 2.52. The van der Waals surface area contributed by atoms with Crippen molar-refractivity contribution in [1.29, 1.82) is 0 Å². The van der Waals surface area contributed by atoms with Crippen LogP contribution in [0.2, 0.25) is 0 Å². The smallest absolute Gasteiger partial charge is 0.125 e. The van der Waals surface area contributed by atoms with Crippen LogP contribution >= 0.6 is 11.3 Å². The summed E-state index contributed by atoms with van der Waals surface area (Å²) in [5.41, 5.74) is 2.91. The van der Waals surface area contributed by atoms with E-state index in [9.17, 15) is 0 Å². The van der Waals surface area contributed by atoms with E-state index < -0.39 is 0 Å². The van der Waals surface area contributed by atoms with Crippen LogP contribution in [0.25, 0.3) is 10.2 Å². The van der Waals surface area contributed by atoms with Crippen LogP contribution in [-0.4, -0.2) is 36.1 Å². The Morgan fingerprint density at radius 3 is 2.77 bits per heavy atom. The molecule has 2 aliphatic carbocycles. The lowest BCUT2D eigenvalue weighted by atomic mass is 9.90. The number of thiophene rings is 1. The lowest BCUT2D eigenvalue weighted by Crippen LogP contribution is -2.36. The number of anilines is 1. The van der Waals surface area contributed by atoms with Crippen LogP contribution in [-0.2, 0) is 12.8 Å². The van der Waals surface area contributed by atoms with Crippen LogP contribution in [0.5, 0.6) is 0 Å². The van der Waals surface area contributed by atoms with Crippen molar-refractivity contribution in [2.24, 2.45) is 0 Å². The summed E-state index contributed by atoms with van der Waals surface area (Å²) in [6.45, 7) is 0. The molecule has 2 aliphatic rings. The molecule has 0 saturated heterocycles. The van der Waals surface area contributed by atoms with Gasteiger partial charge in [0.25, 0.3) is 0 Å². The average molecular weight is 315 g/mol. The molecule has 1 N–H and O–H groups in total. The molecule has 118 valence electrons. The number of pyridine rings is 1. The molecule has 0 aliphatic heterocycles. The average Bonchev–Trinajstić information content (AvgIpc) is 3.08. The van der Waals surface area contributed by atoms with Gasteiger partial charge >= 0.3 is 0 Å². The minimum atomic E-state index is 0.624. The van der Waals surface area contributed by atoms with E-state index in [0.717, 1.165) is 6.04 Å². The largest absolute Gasteiger partial charge is 0.382 e. The van der Waals surface area contributed by atoms with Gasteiger partial charge in [-0.25, -0.2) is 4.98 Å². The second kappa shape index (κ2) is 5.82. The van der Waals surface area contributed by atoms with Crippen molar-refractivity contribution in [3.05, 3.63) is 22.7 Å². The topological polar surface area (TPSA) is 28.2 Å². The highest BCUT2D eigenvalue weighted by Crippen LogP contribution is 2.40. The van der Waals surface area contributed by atoms with Gasteiger partial charge in [-0.1, -0.05) is 0 Å². The van der Waals surface area contributed by atoms with Gasteiger partial charge in [0.1, 0.15) is 4.83 Å². The summed E-state index contributed by atoms with van der Waals surface area (Å²) in [7, 11) is 4.42. The fourth-order valence-electron chi connectivity index (χ4n) is 4.10. The van der Waals surface area contributed by atoms with Crippen LogP contribution < -0.4 is 5.32 Å². The van der Waals surface area contributed by atoms with E-state index in [2.05, 4.69) is 35.4 Å². The van der Waals surface area contributed by atoms with Gasteiger partial charge in [0.05, 0.1) is 0 Å². The standard InChI is InChI=1S/C18H25N3S/c1-21(2)13-8-6-12(7-9-13)20-15-10-11-19-18-17(15)14-4-3-5-16(14)22-18/h10-13H,3-9H2,1-2H3,(H,19,20)/t12-,13-. The molecule has 0 spiro atoms. The first-order valence-corrected chi connectivity index (χ1v) is 9.36. The predicted molar refractivity (Wildman–Crippen MR) is 95.0 cm³/mol. The van der Waals surface area contributed by atoms with Gasteiger partial charge < -0.3 is 10.2 Å². The van der Waals surface area contributed by atoms with E-state index in [1.807, 2.05) is 17.5 Å². The van der Waals surface area contributed by atoms with Crippen LogP contribution in [0, 0.1) is 0 Å². The van der Waals surface area contributed by atoms with Crippen molar-refractivity contribution in [3.8, 4) is 0 Å². The van der Waals surface area contributed by atoms with Crippen molar-refractivity contribution in [2.75, 3.05) is 19.4 Å². The number of hydrogen-bond donors (Lipinski definition) is 1. The summed E-state index contributed by atoms with van der Waals surface area (Å²) in [5.74, 6) is 0. The van der Waals surface area contributed by atoms with Crippen molar-refractivity contribution in [2.45, 2.75) is 57.0 Å². The van der Waals surface area contributed by atoms with Crippen LogP contribution in [0.15, 0.2) is 12.3 Å². The maximum atomic E-state index is 4.61. The molecule has 0 radical (unpaired) electrons. The fourth-order valence-corrected chi connectivity index (χ4v) is 5.35. The Balaban J connectivity index is 1.55. The summed E-state index contributed by atoms with van der Waals surface area (Å²) in [6, 6.07) is 3.57. The van der Waals surface area contributed by atoms with Crippen LogP contribution in [0.1, 0.15) is 42.5 Å². The van der Waals surface area contributed by atoms with Gasteiger partial charge in [-0.3, -0.25) is 0 Å². The molecule has 3 nitrogen and oxygen atoms in total.